The van der Waals surface area contributed by atoms with Gasteiger partial charge < -0.3 is 13.6 Å². The fraction of sp³-hybridized carbons (Fsp3) is 0.727. The molecular weight excluding hydrogens is 517 g/mol. The van der Waals surface area contributed by atoms with Crippen LogP contribution < -0.4 is 0 Å². The summed E-state index contributed by atoms with van der Waals surface area (Å²) >= 11 is 0. The number of hydrogen-bond acceptors (Lipinski definition) is 4. The van der Waals surface area contributed by atoms with Crippen molar-refractivity contribution in [3.05, 3.63) is 48.6 Å². The summed E-state index contributed by atoms with van der Waals surface area (Å²) in [6.07, 6.45) is 10.0. The molecule has 0 N–H and O–H groups in total. The highest BCUT2D eigenvalue weighted by Gasteiger charge is 2.42. The Labute approximate surface area is 243 Å². The standard InChI is InChI=1S/C33H60O4Si2/c1-13-15-16-17-21-24-29(36-38(9,10)32(3,4)5)26-30(37-39(11,12)33(6,7)8)25-28(14-2)35-31(34)27-22-19-18-20-23-27/h14,18-20,22-23,28-30H,2,13,15-17,21,24-26H2,1,3-12H3/t28-,29+,30-/m0/s1. The van der Waals surface area contributed by atoms with Crippen LogP contribution in [0.5, 0.6) is 0 Å². The van der Waals surface area contributed by atoms with Crippen molar-refractivity contribution < 1.29 is 18.4 Å². The monoisotopic (exact) mass is 576 g/mol. The normalized spacial score (nSPS) is 15.5. The summed E-state index contributed by atoms with van der Waals surface area (Å²) in [4.78, 5) is 12.9. The molecule has 4 nitrogen and oxygen atoms in total. The maximum atomic E-state index is 12.9. The number of rotatable bonds is 17. The minimum Gasteiger partial charge on any atom is -0.454 e. The molecule has 1 rings (SSSR count). The van der Waals surface area contributed by atoms with Gasteiger partial charge in [-0.3, -0.25) is 0 Å². The van der Waals surface area contributed by atoms with E-state index >= 15 is 0 Å². The number of benzene rings is 1. The third-order valence-electron chi connectivity index (χ3n) is 8.72. The van der Waals surface area contributed by atoms with Gasteiger partial charge in [-0.05, 0) is 61.2 Å². The number of carbonyl (C=O) groups excluding carboxylic acids is 1. The van der Waals surface area contributed by atoms with E-state index in [0.29, 0.717) is 12.0 Å². The van der Waals surface area contributed by atoms with Crippen molar-refractivity contribution >= 4 is 22.6 Å². The average Bonchev–Trinajstić information content (AvgIpc) is 2.81. The second-order valence-corrected chi connectivity index (χ2v) is 23.7. The molecule has 3 atom stereocenters. The van der Waals surface area contributed by atoms with E-state index in [4.69, 9.17) is 13.6 Å². The lowest BCUT2D eigenvalue weighted by Crippen LogP contribution is -2.48. The molecule has 224 valence electrons. The summed E-state index contributed by atoms with van der Waals surface area (Å²) < 4.78 is 20.0. The van der Waals surface area contributed by atoms with Crippen LogP contribution in [-0.2, 0) is 13.6 Å². The molecule has 6 heteroatoms. The number of esters is 1. The molecule has 0 saturated carbocycles. The molecule has 0 fully saturated rings. The van der Waals surface area contributed by atoms with E-state index in [2.05, 4.69) is 81.2 Å². The molecule has 39 heavy (non-hydrogen) atoms. The molecule has 1 aromatic rings. The molecule has 0 saturated heterocycles. The smallest absolute Gasteiger partial charge is 0.338 e. The first kappa shape index (κ1) is 35.8. The van der Waals surface area contributed by atoms with Crippen LogP contribution in [-0.4, -0.2) is 40.9 Å². The third-order valence-corrected chi connectivity index (χ3v) is 17.8. The molecule has 0 aliphatic heterocycles. The Bertz CT molecular complexity index is 853. The van der Waals surface area contributed by atoms with Crippen LogP contribution in [0.15, 0.2) is 43.0 Å². The molecule has 0 radical (unpaired) electrons. The Balaban J connectivity index is 3.20. The van der Waals surface area contributed by atoms with Gasteiger partial charge in [0.05, 0.1) is 11.7 Å². The Morgan fingerprint density at radius 1 is 0.821 bits per heavy atom. The summed E-state index contributed by atoms with van der Waals surface area (Å²) in [7, 11) is -4.06. The van der Waals surface area contributed by atoms with Crippen molar-refractivity contribution in [1.82, 2.24) is 0 Å². The van der Waals surface area contributed by atoms with Gasteiger partial charge in [0.25, 0.3) is 0 Å². The quantitative estimate of drug-likeness (QED) is 0.0801. The topological polar surface area (TPSA) is 44.8 Å². The maximum absolute atomic E-state index is 12.9. The van der Waals surface area contributed by atoms with Crippen LogP contribution in [0.4, 0.5) is 0 Å². The number of carbonyl (C=O) groups is 1. The SMILES string of the molecule is C=C[C@@H](C[C@@H](C[C@@H](CCCCCCC)O[Si](C)(C)C(C)(C)C)O[Si](C)(C)C(C)(C)C)OC(=O)c1ccccc1. The summed E-state index contributed by atoms with van der Waals surface area (Å²) in [5, 5.41) is 0.212. The van der Waals surface area contributed by atoms with Crippen LogP contribution in [0.1, 0.15) is 110 Å². The van der Waals surface area contributed by atoms with Gasteiger partial charge in [0.15, 0.2) is 16.6 Å². The fourth-order valence-electron chi connectivity index (χ4n) is 4.10. The fourth-order valence-corrected chi connectivity index (χ4v) is 6.88. The minimum atomic E-state index is -2.08. The van der Waals surface area contributed by atoms with Crippen molar-refractivity contribution in [1.29, 1.82) is 0 Å². The first-order chi connectivity index (χ1) is 17.9. The van der Waals surface area contributed by atoms with Crippen LogP contribution in [0.3, 0.4) is 0 Å². The van der Waals surface area contributed by atoms with E-state index in [0.717, 1.165) is 12.8 Å². The third kappa shape index (κ3) is 12.5. The van der Waals surface area contributed by atoms with Gasteiger partial charge in [0.2, 0.25) is 0 Å². The summed E-state index contributed by atoms with van der Waals surface area (Å²) in [5.74, 6) is -0.323. The largest absolute Gasteiger partial charge is 0.454 e. The van der Waals surface area contributed by atoms with E-state index in [-0.39, 0.29) is 28.3 Å². The van der Waals surface area contributed by atoms with E-state index in [9.17, 15) is 4.79 Å². The van der Waals surface area contributed by atoms with Crippen LogP contribution in [0.25, 0.3) is 0 Å². The van der Waals surface area contributed by atoms with Crippen molar-refractivity contribution in [3.63, 3.8) is 0 Å². The van der Waals surface area contributed by atoms with Crippen molar-refractivity contribution in [2.45, 2.75) is 154 Å². The van der Waals surface area contributed by atoms with E-state index in [1.54, 1.807) is 18.2 Å². The highest BCUT2D eigenvalue weighted by Crippen LogP contribution is 2.41. The van der Waals surface area contributed by atoms with Gasteiger partial charge in [-0.1, -0.05) is 111 Å². The van der Waals surface area contributed by atoms with E-state index in [1.165, 1.54) is 32.1 Å². The Morgan fingerprint density at radius 3 is 1.82 bits per heavy atom. The Morgan fingerprint density at radius 2 is 1.33 bits per heavy atom. The van der Waals surface area contributed by atoms with Crippen LogP contribution in [0.2, 0.25) is 36.3 Å². The molecule has 0 amide bonds. The summed E-state index contributed by atoms with van der Waals surface area (Å²) in [5.41, 5.74) is 0.553. The molecule has 1 aromatic carbocycles. The molecule has 0 aliphatic rings. The highest BCUT2D eigenvalue weighted by atomic mass is 28.4. The van der Waals surface area contributed by atoms with Crippen LogP contribution >= 0.6 is 0 Å². The predicted molar refractivity (Wildman–Crippen MR) is 173 cm³/mol. The molecular formula is C33H60O4Si2. The van der Waals surface area contributed by atoms with E-state index in [1.807, 2.05) is 18.2 Å². The number of unbranched alkanes of at least 4 members (excludes halogenated alkanes) is 4. The summed E-state index contributed by atoms with van der Waals surface area (Å²) in [6, 6.07) is 9.18. The van der Waals surface area contributed by atoms with Gasteiger partial charge in [-0.2, -0.15) is 0 Å². The molecule has 0 aliphatic carbocycles. The van der Waals surface area contributed by atoms with Gasteiger partial charge >= 0.3 is 5.97 Å². The summed E-state index contributed by atoms with van der Waals surface area (Å²) in [6.45, 7) is 29.3. The van der Waals surface area contributed by atoms with E-state index < -0.39 is 22.7 Å². The van der Waals surface area contributed by atoms with Crippen molar-refractivity contribution in [2.24, 2.45) is 0 Å². The Kier molecular flexibility index (Phi) is 14.4. The lowest BCUT2D eigenvalue weighted by atomic mass is 10.0. The molecule has 0 heterocycles. The first-order valence-electron chi connectivity index (χ1n) is 15.2. The highest BCUT2D eigenvalue weighted by molar-refractivity contribution is 6.74. The second kappa shape index (κ2) is 15.7. The number of ether oxygens (including phenoxy) is 1. The maximum Gasteiger partial charge on any atom is 0.338 e. The second-order valence-electron chi connectivity index (χ2n) is 14.2. The lowest BCUT2D eigenvalue weighted by molar-refractivity contribution is 0.0208. The predicted octanol–water partition coefficient (Wildman–Crippen LogP) is 10.3. The van der Waals surface area contributed by atoms with Gasteiger partial charge in [0.1, 0.15) is 6.10 Å². The zero-order chi connectivity index (χ0) is 29.9. The minimum absolute atomic E-state index is 0.0750. The zero-order valence-corrected chi connectivity index (χ0v) is 29.2. The Hall–Kier alpha value is -1.22. The molecule has 0 bridgehead atoms. The van der Waals surface area contributed by atoms with Crippen molar-refractivity contribution in [2.75, 3.05) is 0 Å². The molecule has 0 spiro atoms. The number of hydrogen-bond donors (Lipinski definition) is 0. The van der Waals surface area contributed by atoms with Gasteiger partial charge in [0, 0.05) is 12.5 Å². The first-order valence-corrected chi connectivity index (χ1v) is 21.0. The average molecular weight is 577 g/mol. The van der Waals surface area contributed by atoms with Crippen molar-refractivity contribution in [3.8, 4) is 0 Å². The van der Waals surface area contributed by atoms with Gasteiger partial charge in [-0.15, -0.1) is 0 Å². The van der Waals surface area contributed by atoms with Gasteiger partial charge in [-0.25, -0.2) is 4.79 Å². The van der Waals surface area contributed by atoms with Crippen LogP contribution in [0, 0.1) is 0 Å². The molecule has 0 aromatic heterocycles. The zero-order valence-electron chi connectivity index (χ0n) is 27.2. The molecule has 0 unspecified atom stereocenters. The lowest BCUT2D eigenvalue weighted by Gasteiger charge is -2.43.